The number of alkyl halides is 3. The Labute approximate surface area is 221 Å². The van der Waals surface area contributed by atoms with E-state index in [-0.39, 0.29) is 11.6 Å². The van der Waals surface area contributed by atoms with Gasteiger partial charge in [-0.25, -0.2) is 9.74 Å². The van der Waals surface area contributed by atoms with Crippen molar-refractivity contribution in [3.8, 4) is 0 Å². The number of imide groups is 1. The highest BCUT2D eigenvalue weighted by atomic mass is 32.2. The van der Waals surface area contributed by atoms with Gasteiger partial charge in [0.05, 0.1) is 35.2 Å². The van der Waals surface area contributed by atoms with Gasteiger partial charge >= 0.3 is 6.18 Å². The van der Waals surface area contributed by atoms with E-state index in [1.165, 1.54) is 13.0 Å². The molecule has 2 unspecified atom stereocenters. The first kappa shape index (κ1) is 26.3. The van der Waals surface area contributed by atoms with Gasteiger partial charge < -0.3 is 10.1 Å². The topological polar surface area (TPSA) is 80.1 Å². The minimum Gasteiger partial charge on any atom is -0.367 e. The highest BCUT2D eigenvalue weighted by Crippen LogP contribution is 2.62. The number of benzene rings is 2. The van der Waals surface area contributed by atoms with Crippen LogP contribution >= 0.6 is 11.8 Å². The fourth-order valence-corrected chi connectivity index (χ4v) is 7.04. The Kier molecular flexibility index (Phi) is 6.31. The number of hydrogen-bond donors (Lipinski definition) is 1. The van der Waals surface area contributed by atoms with E-state index in [1.54, 1.807) is 30.8 Å². The van der Waals surface area contributed by atoms with Gasteiger partial charge in [0.25, 0.3) is 0 Å². The van der Waals surface area contributed by atoms with Crippen LogP contribution in [0.2, 0.25) is 0 Å². The Hall–Kier alpha value is -3.36. The van der Waals surface area contributed by atoms with Crippen LogP contribution in [0.15, 0.2) is 47.4 Å². The summed E-state index contributed by atoms with van der Waals surface area (Å²) < 4.78 is 47.1. The highest BCUT2D eigenvalue weighted by Gasteiger charge is 2.73. The zero-order valence-corrected chi connectivity index (χ0v) is 21.4. The van der Waals surface area contributed by atoms with Gasteiger partial charge in [-0.3, -0.25) is 14.4 Å². The lowest BCUT2D eigenvalue weighted by Gasteiger charge is -2.31. The molecule has 38 heavy (non-hydrogen) atoms. The van der Waals surface area contributed by atoms with Gasteiger partial charge in [-0.15, -0.1) is 11.8 Å². The monoisotopic (exact) mass is 543 g/mol. The second kappa shape index (κ2) is 9.13. The molecule has 0 saturated carbocycles. The molecule has 3 aliphatic rings. The van der Waals surface area contributed by atoms with E-state index in [0.29, 0.717) is 36.8 Å². The number of fused-ring (bicyclic) bond motifs is 5. The largest absolute Gasteiger partial charge is 0.407 e. The van der Waals surface area contributed by atoms with E-state index in [4.69, 9.17) is 11.3 Å². The minimum absolute atomic E-state index is 0.163. The van der Waals surface area contributed by atoms with E-state index in [0.717, 1.165) is 15.9 Å². The van der Waals surface area contributed by atoms with Crippen LogP contribution in [-0.2, 0) is 25.3 Å². The number of amides is 3. The zero-order valence-electron chi connectivity index (χ0n) is 20.6. The van der Waals surface area contributed by atoms with E-state index >= 15 is 0 Å². The molecule has 0 aliphatic carbocycles. The second-order valence-electron chi connectivity index (χ2n) is 10.1. The first-order valence-corrected chi connectivity index (χ1v) is 13.0. The van der Waals surface area contributed by atoms with Gasteiger partial charge in [0.2, 0.25) is 17.7 Å². The number of hydrogen-bond acceptors (Lipinski definition) is 5. The summed E-state index contributed by atoms with van der Waals surface area (Å²) in [4.78, 5) is 43.1. The molecule has 3 saturated heterocycles. The van der Waals surface area contributed by atoms with Crippen LogP contribution in [0.5, 0.6) is 0 Å². The zero-order chi connectivity index (χ0) is 27.5. The Morgan fingerprint density at radius 3 is 2.47 bits per heavy atom. The number of nitrogens with one attached hydrogen (secondary N) is 1. The van der Waals surface area contributed by atoms with Gasteiger partial charge in [0, 0.05) is 28.9 Å². The van der Waals surface area contributed by atoms with Gasteiger partial charge in [-0.2, -0.15) is 13.2 Å². The molecule has 2 aromatic rings. The summed E-state index contributed by atoms with van der Waals surface area (Å²) in [5, 5.41) is 2.71. The van der Waals surface area contributed by atoms with Crippen LogP contribution in [0.25, 0.3) is 4.85 Å². The maximum absolute atomic E-state index is 13.7. The summed E-state index contributed by atoms with van der Waals surface area (Å²) in [5.74, 6) is -2.25. The van der Waals surface area contributed by atoms with Gasteiger partial charge in [0.15, 0.2) is 5.69 Å². The average Bonchev–Trinajstić information content (AvgIpc) is 3.43. The van der Waals surface area contributed by atoms with Crippen molar-refractivity contribution in [2.45, 2.75) is 55.4 Å². The molecule has 3 heterocycles. The molecule has 3 amide bonds. The highest BCUT2D eigenvalue weighted by molar-refractivity contribution is 7.99. The van der Waals surface area contributed by atoms with E-state index in [9.17, 15) is 27.6 Å². The molecule has 0 aromatic heterocycles. The second-order valence-corrected chi connectivity index (χ2v) is 11.2. The molecular weight excluding hydrogens is 519 g/mol. The van der Waals surface area contributed by atoms with Gasteiger partial charge in [-0.1, -0.05) is 6.07 Å². The molecular formula is C27H24F3N3O4S. The molecule has 3 aliphatic heterocycles. The predicted molar refractivity (Wildman–Crippen MR) is 135 cm³/mol. The van der Waals surface area contributed by atoms with E-state index in [1.807, 2.05) is 12.1 Å². The summed E-state index contributed by atoms with van der Waals surface area (Å²) >= 11 is 1.55. The quantitative estimate of drug-likeness (QED) is 0.282. The third-order valence-electron chi connectivity index (χ3n) is 7.64. The number of halogens is 3. The van der Waals surface area contributed by atoms with Crippen molar-refractivity contribution in [3.05, 3.63) is 59.4 Å². The lowest BCUT2D eigenvalue weighted by Crippen LogP contribution is -2.42. The smallest absolute Gasteiger partial charge is 0.367 e. The number of ether oxygens (including phenoxy) is 1. The third-order valence-corrected chi connectivity index (χ3v) is 8.66. The van der Waals surface area contributed by atoms with Crippen molar-refractivity contribution in [2.75, 3.05) is 16.0 Å². The third kappa shape index (κ3) is 4.25. The number of rotatable bonds is 6. The molecule has 0 radical (unpaired) electrons. The maximum Gasteiger partial charge on any atom is 0.407 e. The number of thioether (sulfide) groups is 1. The van der Waals surface area contributed by atoms with Crippen LogP contribution in [0.3, 0.4) is 0 Å². The lowest BCUT2D eigenvalue weighted by molar-refractivity contribution is -0.137. The number of carbonyl (C=O) groups excluding carboxylic acids is 3. The Morgan fingerprint density at radius 2 is 1.84 bits per heavy atom. The molecule has 1 N–H and O–H groups in total. The van der Waals surface area contributed by atoms with Crippen molar-refractivity contribution >= 4 is 46.5 Å². The van der Waals surface area contributed by atoms with Crippen LogP contribution in [0, 0.1) is 18.4 Å². The van der Waals surface area contributed by atoms with Crippen LogP contribution in [0.4, 0.5) is 30.2 Å². The Bertz CT molecular complexity index is 1370. The molecule has 11 heteroatoms. The first-order chi connectivity index (χ1) is 17.9. The van der Waals surface area contributed by atoms with E-state index < -0.39 is 52.3 Å². The first-order valence-electron chi connectivity index (χ1n) is 12.1. The Morgan fingerprint density at radius 1 is 1.16 bits per heavy atom. The van der Waals surface area contributed by atoms with Crippen molar-refractivity contribution < 1.29 is 32.3 Å². The SMILES string of the molecule is [C-]#[N+]c1ccc(N2C(=O)[C@@H]3[C@H](C2=O)C2(CCSc4ccc(NC(C)=O)cc4)CCC3(C)O2)cc1C(F)(F)F. The summed E-state index contributed by atoms with van der Waals surface area (Å²) in [6.45, 7) is 10.3. The molecule has 5 rings (SSSR count). The molecule has 198 valence electrons. The molecule has 0 spiro atoms. The van der Waals surface area contributed by atoms with Crippen LogP contribution in [0.1, 0.15) is 38.7 Å². The summed E-state index contributed by atoms with van der Waals surface area (Å²) in [5.41, 5.74) is -3.02. The van der Waals surface area contributed by atoms with Crippen molar-refractivity contribution in [2.24, 2.45) is 11.8 Å². The summed E-state index contributed by atoms with van der Waals surface area (Å²) in [7, 11) is 0. The fourth-order valence-electron chi connectivity index (χ4n) is 6.03. The van der Waals surface area contributed by atoms with Crippen LogP contribution < -0.4 is 10.2 Å². The average molecular weight is 544 g/mol. The number of anilines is 2. The lowest BCUT2D eigenvalue weighted by atomic mass is 9.67. The summed E-state index contributed by atoms with van der Waals surface area (Å²) in [6.07, 6.45) is -3.17. The van der Waals surface area contributed by atoms with E-state index in [2.05, 4.69) is 10.2 Å². The predicted octanol–water partition coefficient (Wildman–Crippen LogP) is 5.82. The summed E-state index contributed by atoms with van der Waals surface area (Å²) in [6, 6.07) is 10.3. The number of nitrogens with zero attached hydrogens (tertiary/aromatic N) is 2. The Balaban J connectivity index is 1.37. The molecule has 2 aromatic carbocycles. The van der Waals surface area contributed by atoms with Crippen LogP contribution in [-0.4, -0.2) is 34.7 Å². The molecule has 2 bridgehead atoms. The van der Waals surface area contributed by atoms with Crippen molar-refractivity contribution in [1.29, 1.82) is 0 Å². The van der Waals surface area contributed by atoms with Gasteiger partial charge in [0.1, 0.15) is 0 Å². The fraction of sp³-hybridized carbons (Fsp3) is 0.407. The molecule has 4 atom stereocenters. The maximum atomic E-state index is 13.7. The minimum atomic E-state index is -4.80. The van der Waals surface area contributed by atoms with Crippen molar-refractivity contribution in [3.63, 3.8) is 0 Å². The van der Waals surface area contributed by atoms with Gasteiger partial charge in [-0.05, 0) is 62.6 Å². The molecule has 7 nitrogen and oxygen atoms in total. The number of carbonyl (C=O) groups is 3. The standard InChI is InChI=1S/C27H24F3N3O4S/c1-15(34)32-16-4-7-18(8-5-16)38-13-12-26-11-10-25(2,37-26)21-22(26)24(36)33(23(21)35)17-6-9-20(31-3)19(14-17)27(28,29)30/h4-9,14,21-22H,10-13H2,1-2H3,(H,32,34)/t21-,22+,25?,26?/m0/s1. The molecule has 3 fully saturated rings. The van der Waals surface area contributed by atoms with Crippen molar-refractivity contribution in [1.82, 2.24) is 0 Å². The normalized spacial score (nSPS) is 27.9.